The molecular weight excluding hydrogens is 266 g/mol. The number of nitriles is 1. The molecular formula is C17H15NOS. The second kappa shape index (κ2) is 6.93. The van der Waals surface area contributed by atoms with Crippen molar-refractivity contribution in [2.75, 3.05) is 5.75 Å². The summed E-state index contributed by atoms with van der Waals surface area (Å²) >= 11 is 1.54. The van der Waals surface area contributed by atoms with Gasteiger partial charge in [0.1, 0.15) is 0 Å². The van der Waals surface area contributed by atoms with E-state index in [1.54, 1.807) is 17.8 Å². The van der Waals surface area contributed by atoms with Crippen LogP contribution in [0.2, 0.25) is 0 Å². The van der Waals surface area contributed by atoms with E-state index in [-0.39, 0.29) is 5.78 Å². The molecule has 0 fully saturated rings. The van der Waals surface area contributed by atoms with Crippen LogP contribution in [-0.2, 0) is 5.75 Å². The summed E-state index contributed by atoms with van der Waals surface area (Å²) < 4.78 is 0. The summed E-state index contributed by atoms with van der Waals surface area (Å²) in [4.78, 5) is 12.0. The standard InChI is InChI=1S/C17H15NOS/c1-13-6-8-14(9-7-13)17(19)12-20-11-16-5-3-2-4-15(16)10-18/h2-9H,11-12H2,1H3. The van der Waals surface area contributed by atoms with Gasteiger partial charge < -0.3 is 0 Å². The molecule has 20 heavy (non-hydrogen) atoms. The molecule has 3 heteroatoms. The highest BCUT2D eigenvalue weighted by atomic mass is 32.2. The average Bonchev–Trinajstić information content (AvgIpc) is 2.48. The molecule has 0 bridgehead atoms. The number of benzene rings is 2. The first-order chi connectivity index (χ1) is 9.70. The fourth-order valence-electron chi connectivity index (χ4n) is 1.83. The Hall–Kier alpha value is -2.05. The van der Waals surface area contributed by atoms with Gasteiger partial charge in [0, 0.05) is 11.3 Å². The average molecular weight is 281 g/mol. The van der Waals surface area contributed by atoms with E-state index in [4.69, 9.17) is 5.26 Å². The maximum absolute atomic E-state index is 12.0. The first kappa shape index (κ1) is 14.4. The largest absolute Gasteiger partial charge is 0.293 e. The van der Waals surface area contributed by atoms with Crippen LogP contribution in [-0.4, -0.2) is 11.5 Å². The van der Waals surface area contributed by atoms with E-state index in [1.165, 1.54) is 0 Å². The molecule has 0 spiro atoms. The van der Waals surface area contributed by atoms with Crippen LogP contribution in [0.1, 0.15) is 27.0 Å². The molecule has 2 nitrogen and oxygen atoms in total. The molecule has 0 heterocycles. The predicted octanol–water partition coefficient (Wildman–Crippen LogP) is 3.98. The molecule has 0 N–H and O–H groups in total. The van der Waals surface area contributed by atoms with Crippen LogP contribution in [0.25, 0.3) is 0 Å². The van der Waals surface area contributed by atoms with Gasteiger partial charge in [0.05, 0.1) is 17.4 Å². The van der Waals surface area contributed by atoms with E-state index in [2.05, 4.69) is 6.07 Å². The molecule has 0 aliphatic carbocycles. The Morgan fingerprint density at radius 2 is 1.85 bits per heavy atom. The van der Waals surface area contributed by atoms with Crippen LogP contribution in [0.3, 0.4) is 0 Å². The zero-order chi connectivity index (χ0) is 14.4. The third kappa shape index (κ3) is 3.72. The summed E-state index contributed by atoms with van der Waals surface area (Å²) in [5, 5.41) is 9.00. The first-order valence-electron chi connectivity index (χ1n) is 6.36. The van der Waals surface area contributed by atoms with Crippen LogP contribution in [0.15, 0.2) is 48.5 Å². The van der Waals surface area contributed by atoms with Crippen molar-refractivity contribution in [1.82, 2.24) is 0 Å². The zero-order valence-electron chi connectivity index (χ0n) is 11.3. The Labute approximate surface area is 123 Å². The molecule has 0 radical (unpaired) electrons. The van der Waals surface area contributed by atoms with Crippen LogP contribution in [0, 0.1) is 18.3 Å². The minimum Gasteiger partial charge on any atom is -0.293 e. The number of hydrogen-bond donors (Lipinski definition) is 0. The van der Waals surface area contributed by atoms with Crippen LogP contribution in [0.4, 0.5) is 0 Å². The summed E-state index contributed by atoms with van der Waals surface area (Å²) in [5.41, 5.74) is 3.56. The topological polar surface area (TPSA) is 40.9 Å². The van der Waals surface area contributed by atoms with Gasteiger partial charge in [-0.2, -0.15) is 5.26 Å². The minimum atomic E-state index is 0.129. The summed E-state index contributed by atoms with van der Waals surface area (Å²) in [6.45, 7) is 2.00. The number of rotatable bonds is 5. The monoisotopic (exact) mass is 281 g/mol. The minimum absolute atomic E-state index is 0.129. The highest BCUT2D eigenvalue weighted by Gasteiger charge is 2.07. The van der Waals surface area contributed by atoms with E-state index in [1.807, 2.05) is 49.4 Å². The quantitative estimate of drug-likeness (QED) is 0.778. The van der Waals surface area contributed by atoms with Gasteiger partial charge in [-0.25, -0.2) is 0 Å². The second-order valence-electron chi connectivity index (χ2n) is 4.55. The Morgan fingerprint density at radius 3 is 2.55 bits per heavy atom. The molecule has 2 rings (SSSR count). The number of aryl methyl sites for hydroxylation is 1. The second-order valence-corrected chi connectivity index (χ2v) is 5.54. The van der Waals surface area contributed by atoms with Crippen molar-refractivity contribution in [3.63, 3.8) is 0 Å². The van der Waals surface area contributed by atoms with Gasteiger partial charge in [-0.05, 0) is 18.6 Å². The van der Waals surface area contributed by atoms with Crippen molar-refractivity contribution < 1.29 is 4.79 Å². The van der Waals surface area contributed by atoms with E-state index >= 15 is 0 Å². The fraction of sp³-hybridized carbons (Fsp3) is 0.176. The van der Waals surface area contributed by atoms with Gasteiger partial charge in [0.2, 0.25) is 0 Å². The van der Waals surface area contributed by atoms with Gasteiger partial charge in [-0.3, -0.25) is 4.79 Å². The molecule has 0 saturated heterocycles. The maximum Gasteiger partial charge on any atom is 0.172 e. The Kier molecular flexibility index (Phi) is 4.97. The highest BCUT2D eigenvalue weighted by Crippen LogP contribution is 2.17. The number of nitrogens with zero attached hydrogens (tertiary/aromatic N) is 1. The summed E-state index contributed by atoms with van der Waals surface area (Å²) in [6.07, 6.45) is 0. The summed E-state index contributed by atoms with van der Waals surface area (Å²) in [5.74, 6) is 1.24. The Balaban J connectivity index is 1.91. The first-order valence-corrected chi connectivity index (χ1v) is 7.52. The normalized spacial score (nSPS) is 10.0. The smallest absolute Gasteiger partial charge is 0.172 e. The lowest BCUT2D eigenvalue weighted by atomic mass is 10.1. The molecule has 0 atom stereocenters. The molecule has 0 aliphatic heterocycles. The maximum atomic E-state index is 12.0. The van der Waals surface area contributed by atoms with Gasteiger partial charge in [-0.1, -0.05) is 48.0 Å². The number of ketones is 1. The summed E-state index contributed by atoms with van der Waals surface area (Å²) in [7, 11) is 0. The molecule has 0 amide bonds. The number of carbonyl (C=O) groups is 1. The number of Topliss-reactive ketones (excluding diaryl/α,β-unsaturated/α-hetero) is 1. The van der Waals surface area contributed by atoms with Gasteiger partial charge in [-0.15, -0.1) is 11.8 Å². The van der Waals surface area contributed by atoms with Crippen molar-refractivity contribution >= 4 is 17.5 Å². The molecule has 0 saturated carbocycles. The van der Waals surface area contributed by atoms with Crippen molar-refractivity contribution in [3.8, 4) is 6.07 Å². The van der Waals surface area contributed by atoms with E-state index in [0.717, 1.165) is 16.7 Å². The molecule has 2 aromatic carbocycles. The third-order valence-electron chi connectivity index (χ3n) is 3.00. The van der Waals surface area contributed by atoms with Gasteiger partial charge in [0.25, 0.3) is 0 Å². The molecule has 2 aromatic rings. The van der Waals surface area contributed by atoms with Crippen molar-refractivity contribution in [1.29, 1.82) is 5.26 Å². The van der Waals surface area contributed by atoms with E-state index in [0.29, 0.717) is 17.1 Å². The predicted molar refractivity (Wildman–Crippen MR) is 82.8 cm³/mol. The number of hydrogen-bond acceptors (Lipinski definition) is 3. The molecule has 0 aliphatic rings. The van der Waals surface area contributed by atoms with Crippen LogP contribution in [0.5, 0.6) is 0 Å². The molecule has 0 unspecified atom stereocenters. The van der Waals surface area contributed by atoms with Gasteiger partial charge in [0.15, 0.2) is 5.78 Å². The van der Waals surface area contributed by atoms with Crippen LogP contribution < -0.4 is 0 Å². The highest BCUT2D eigenvalue weighted by molar-refractivity contribution is 7.99. The van der Waals surface area contributed by atoms with Crippen molar-refractivity contribution in [3.05, 3.63) is 70.8 Å². The fourth-order valence-corrected chi connectivity index (χ4v) is 2.76. The summed E-state index contributed by atoms with van der Waals surface area (Å²) in [6, 6.07) is 17.3. The lowest BCUT2D eigenvalue weighted by Crippen LogP contribution is -2.02. The number of carbonyl (C=O) groups excluding carboxylic acids is 1. The zero-order valence-corrected chi connectivity index (χ0v) is 12.1. The molecule has 100 valence electrons. The Morgan fingerprint density at radius 1 is 1.15 bits per heavy atom. The van der Waals surface area contributed by atoms with Gasteiger partial charge >= 0.3 is 0 Å². The van der Waals surface area contributed by atoms with Crippen molar-refractivity contribution in [2.24, 2.45) is 0 Å². The van der Waals surface area contributed by atoms with Crippen LogP contribution >= 0.6 is 11.8 Å². The molecule has 0 aromatic heterocycles. The third-order valence-corrected chi connectivity index (χ3v) is 3.98. The lowest BCUT2D eigenvalue weighted by Gasteiger charge is -2.04. The van der Waals surface area contributed by atoms with E-state index in [9.17, 15) is 4.79 Å². The lowest BCUT2D eigenvalue weighted by molar-refractivity contribution is 0.102. The SMILES string of the molecule is Cc1ccc(C(=O)CSCc2ccccc2C#N)cc1. The Bertz CT molecular complexity index is 641. The number of thioether (sulfide) groups is 1. The van der Waals surface area contributed by atoms with Crippen molar-refractivity contribution in [2.45, 2.75) is 12.7 Å². The van der Waals surface area contributed by atoms with E-state index < -0.39 is 0 Å².